The zero-order valence-corrected chi connectivity index (χ0v) is 9.37. The number of rotatable bonds is 3. The molecule has 14 heavy (non-hydrogen) atoms. The monoisotopic (exact) mass is 258 g/mol. The van der Waals surface area contributed by atoms with Crippen LogP contribution in [-0.2, 0) is 11.3 Å². The molecular formula is C9H11BrN2O2. The van der Waals surface area contributed by atoms with Crippen LogP contribution < -0.4 is 10.9 Å². The number of amides is 1. The normalized spacial score (nSPS) is 9.86. The van der Waals surface area contributed by atoms with Crippen molar-refractivity contribution in [2.24, 2.45) is 0 Å². The Kier molecular flexibility index (Phi) is 3.88. The fourth-order valence-corrected chi connectivity index (χ4v) is 1.41. The van der Waals surface area contributed by atoms with Crippen LogP contribution in [0.15, 0.2) is 27.6 Å². The lowest BCUT2D eigenvalue weighted by molar-refractivity contribution is -0.120. The van der Waals surface area contributed by atoms with Crippen LogP contribution in [0.4, 0.5) is 0 Å². The Morgan fingerprint density at radius 3 is 3.00 bits per heavy atom. The zero-order chi connectivity index (χ0) is 10.6. The van der Waals surface area contributed by atoms with Crippen LogP contribution in [0.1, 0.15) is 6.42 Å². The van der Waals surface area contributed by atoms with Crippen molar-refractivity contribution in [1.82, 2.24) is 9.88 Å². The Balaban J connectivity index is 2.73. The molecule has 0 aromatic carbocycles. The van der Waals surface area contributed by atoms with Crippen molar-refractivity contribution in [3.05, 3.63) is 33.2 Å². The van der Waals surface area contributed by atoms with Gasteiger partial charge in [-0.3, -0.25) is 9.59 Å². The minimum atomic E-state index is -0.114. The Bertz CT molecular complexity index is 387. The van der Waals surface area contributed by atoms with Gasteiger partial charge in [0.15, 0.2) is 0 Å². The van der Waals surface area contributed by atoms with Gasteiger partial charge in [-0.25, -0.2) is 0 Å². The minimum Gasteiger partial charge on any atom is -0.359 e. The highest BCUT2D eigenvalue weighted by molar-refractivity contribution is 9.10. The van der Waals surface area contributed by atoms with E-state index in [0.717, 1.165) is 0 Å². The molecule has 4 nitrogen and oxygen atoms in total. The van der Waals surface area contributed by atoms with E-state index in [1.807, 2.05) is 0 Å². The molecular weight excluding hydrogens is 248 g/mol. The number of halogens is 1. The maximum absolute atomic E-state index is 11.5. The van der Waals surface area contributed by atoms with Gasteiger partial charge in [0.1, 0.15) is 0 Å². The Morgan fingerprint density at radius 1 is 1.64 bits per heavy atom. The summed E-state index contributed by atoms with van der Waals surface area (Å²) in [6.45, 7) is 0.401. The Morgan fingerprint density at radius 2 is 2.36 bits per heavy atom. The molecule has 1 rings (SSSR count). The van der Waals surface area contributed by atoms with E-state index in [0.29, 0.717) is 17.4 Å². The number of nitrogens with zero attached hydrogens (tertiary/aromatic N) is 1. The van der Waals surface area contributed by atoms with Crippen molar-refractivity contribution in [3.63, 3.8) is 0 Å². The van der Waals surface area contributed by atoms with Crippen LogP contribution >= 0.6 is 15.9 Å². The van der Waals surface area contributed by atoms with E-state index in [1.165, 1.54) is 4.57 Å². The van der Waals surface area contributed by atoms with E-state index >= 15 is 0 Å². The zero-order valence-electron chi connectivity index (χ0n) is 7.79. The van der Waals surface area contributed by atoms with Crippen molar-refractivity contribution in [1.29, 1.82) is 0 Å². The first-order valence-electron chi connectivity index (χ1n) is 4.20. The number of aromatic nitrogens is 1. The van der Waals surface area contributed by atoms with E-state index in [9.17, 15) is 9.59 Å². The van der Waals surface area contributed by atoms with Gasteiger partial charge in [-0.2, -0.15) is 0 Å². The molecule has 0 radical (unpaired) electrons. The first kappa shape index (κ1) is 11.0. The van der Waals surface area contributed by atoms with Crippen LogP contribution in [0.25, 0.3) is 0 Å². The lowest BCUT2D eigenvalue weighted by Gasteiger charge is -2.04. The van der Waals surface area contributed by atoms with Gasteiger partial charge in [0.2, 0.25) is 5.91 Å². The molecule has 0 spiro atoms. The van der Waals surface area contributed by atoms with E-state index in [-0.39, 0.29) is 11.5 Å². The fourth-order valence-electron chi connectivity index (χ4n) is 1.03. The molecule has 0 fully saturated rings. The van der Waals surface area contributed by atoms with Gasteiger partial charge in [-0.15, -0.1) is 0 Å². The molecule has 1 aromatic rings. The molecule has 0 aliphatic heterocycles. The summed E-state index contributed by atoms with van der Waals surface area (Å²) < 4.78 is 2.01. The summed E-state index contributed by atoms with van der Waals surface area (Å²) in [6, 6.07) is 3.44. The van der Waals surface area contributed by atoms with Crippen molar-refractivity contribution in [3.8, 4) is 0 Å². The third kappa shape index (κ3) is 2.70. The number of aryl methyl sites for hydroxylation is 1. The summed E-state index contributed by atoms with van der Waals surface area (Å²) in [7, 11) is 1.58. The van der Waals surface area contributed by atoms with Crippen LogP contribution in [0, 0.1) is 0 Å². The molecule has 0 saturated heterocycles. The van der Waals surface area contributed by atoms with Crippen molar-refractivity contribution in [2.75, 3.05) is 7.05 Å². The summed E-state index contributed by atoms with van der Waals surface area (Å²) >= 11 is 3.14. The van der Waals surface area contributed by atoms with Crippen molar-refractivity contribution < 1.29 is 4.79 Å². The van der Waals surface area contributed by atoms with Gasteiger partial charge < -0.3 is 9.88 Å². The highest BCUT2D eigenvalue weighted by Gasteiger charge is 2.02. The van der Waals surface area contributed by atoms with Crippen LogP contribution in [0.3, 0.4) is 0 Å². The maximum Gasteiger partial charge on any atom is 0.264 e. The SMILES string of the molecule is CNC(=O)CCn1cccc(Br)c1=O. The van der Waals surface area contributed by atoms with E-state index in [2.05, 4.69) is 21.2 Å². The number of nitrogens with one attached hydrogen (secondary N) is 1. The van der Waals surface area contributed by atoms with Gasteiger partial charge in [-0.1, -0.05) is 0 Å². The topological polar surface area (TPSA) is 51.1 Å². The molecule has 1 N–H and O–H groups in total. The number of carbonyl (C=O) groups is 1. The smallest absolute Gasteiger partial charge is 0.264 e. The number of pyridine rings is 1. The quantitative estimate of drug-likeness (QED) is 0.870. The molecule has 5 heteroatoms. The molecule has 0 unspecified atom stereocenters. The predicted octanol–water partition coefficient (Wildman–Crippen LogP) is 0.747. The fraction of sp³-hybridized carbons (Fsp3) is 0.333. The molecule has 0 aliphatic carbocycles. The summed E-state index contributed by atoms with van der Waals surface area (Å²) in [5, 5.41) is 2.50. The minimum absolute atomic E-state index is 0.0723. The first-order valence-corrected chi connectivity index (χ1v) is 5.00. The van der Waals surface area contributed by atoms with E-state index in [1.54, 1.807) is 25.4 Å². The van der Waals surface area contributed by atoms with E-state index in [4.69, 9.17) is 0 Å². The van der Waals surface area contributed by atoms with Crippen LogP contribution in [0.5, 0.6) is 0 Å². The average molecular weight is 259 g/mol. The number of hydrogen-bond acceptors (Lipinski definition) is 2. The highest BCUT2D eigenvalue weighted by Crippen LogP contribution is 2.00. The highest BCUT2D eigenvalue weighted by atomic mass is 79.9. The van der Waals surface area contributed by atoms with Gasteiger partial charge in [-0.05, 0) is 28.1 Å². The van der Waals surface area contributed by atoms with Gasteiger partial charge in [0.05, 0.1) is 4.47 Å². The molecule has 1 amide bonds. The molecule has 1 heterocycles. The van der Waals surface area contributed by atoms with Crippen molar-refractivity contribution in [2.45, 2.75) is 13.0 Å². The first-order chi connectivity index (χ1) is 6.65. The second-order valence-electron chi connectivity index (χ2n) is 2.78. The van der Waals surface area contributed by atoms with Gasteiger partial charge in [0, 0.05) is 26.2 Å². The third-order valence-corrected chi connectivity index (χ3v) is 2.44. The van der Waals surface area contributed by atoms with Gasteiger partial charge >= 0.3 is 0 Å². The second-order valence-corrected chi connectivity index (χ2v) is 3.63. The predicted molar refractivity (Wildman–Crippen MR) is 57.1 cm³/mol. The standard InChI is InChI=1S/C9H11BrN2O2/c1-11-8(13)4-6-12-5-2-3-7(10)9(12)14/h2-3,5H,4,6H2,1H3,(H,11,13). The van der Waals surface area contributed by atoms with Gasteiger partial charge in [0.25, 0.3) is 5.56 Å². The molecule has 0 atom stereocenters. The summed E-state index contributed by atoms with van der Waals surface area (Å²) in [4.78, 5) is 22.4. The molecule has 1 aromatic heterocycles. The van der Waals surface area contributed by atoms with Crippen LogP contribution in [-0.4, -0.2) is 17.5 Å². The summed E-state index contributed by atoms with van der Waals surface area (Å²) in [5.41, 5.74) is -0.114. The van der Waals surface area contributed by atoms with E-state index < -0.39 is 0 Å². The summed E-state index contributed by atoms with van der Waals surface area (Å²) in [5.74, 6) is -0.0723. The molecule has 0 bridgehead atoms. The Labute approximate surface area is 90.1 Å². The number of carbonyl (C=O) groups excluding carboxylic acids is 1. The molecule has 0 saturated carbocycles. The lowest BCUT2D eigenvalue weighted by atomic mass is 10.4. The largest absolute Gasteiger partial charge is 0.359 e. The average Bonchev–Trinajstić information content (AvgIpc) is 2.20. The summed E-state index contributed by atoms with van der Waals surface area (Å²) in [6.07, 6.45) is 1.98. The second kappa shape index (κ2) is 4.95. The van der Waals surface area contributed by atoms with Crippen LogP contribution in [0.2, 0.25) is 0 Å². The number of hydrogen-bond donors (Lipinski definition) is 1. The van der Waals surface area contributed by atoms with Crippen molar-refractivity contribution >= 4 is 21.8 Å². The lowest BCUT2D eigenvalue weighted by Crippen LogP contribution is -2.24. The third-order valence-electron chi connectivity index (χ3n) is 1.83. The maximum atomic E-state index is 11.5. The molecule has 76 valence electrons. The molecule has 0 aliphatic rings. The Hall–Kier alpha value is -1.10.